The first-order valence-electron chi connectivity index (χ1n) is 5.68. The van der Waals surface area contributed by atoms with Gasteiger partial charge in [0.15, 0.2) is 0 Å². The number of nitriles is 1. The minimum absolute atomic E-state index is 0.0505. The van der Waals surface area contributed by atoms with Gasteiger partial charge in [0.2, 0.25) is 5.91 Å². The monoisotopic (exact) mass is 224 g/mol. The van der Waals surface area contributed by atoms with Crippen LogP contribution in [0.1, 0.15) is 12.8 Å². The van der Waals surface area contributed by atoms with Gasteiger partial charge in [-0.05, 0) is 12.8 Å². The molecule has 2 heterocycles. The van der Waals surface area contributed by atoms with Gasteiger partial charge in [-0.2, -0.15) is 5.26 Å². The number of rotatable bonds is 1. The Morgan fingerprint density at radius 1 is 1.31 bits per heavy atom. The lowest BCUT2D eigenvalue weighted by Crippen LogP contribution is -2.51. The van der Waals surface area contributed by atoms with Crippen molar-refractivity contribution in [2.45, 2.75) is 18.9 Å². The van der Waals surface area contributed by atoms with Crippen molar-refractivity contribution in [2.75, 3.05) is 33.0 Å². The third-order valence-electron chi connectivity index (χ3n) is 3.07. The van der Waals surface area contributed by atoms with Crippen molar-refractivity contribution in [3.8, 4) is 6.07 Å². The number of carbonyl (C=O) groups is 1. The van der Waals surface area contributed by atoms with Gasteiger partial charge in [0.25, 0.3) is 0 Å². The predicted octanol–water partition coefficient (Wildman–Crippen LogP) is 0.164. The summed E-state index contributed by atoms with van der Waals surface area (Å²) >= 11 is 0. The lowest BCUT2D eigenvalue weighted by atomic mass is 9.99. The SMILES string of the molecule is N#C[C@@H]1COCCN1C(=O)[C@H]1CCCOC1. The first-order chi connectivity index (χ1) is 7.83. The predicted molar refractivity (Wildman–Crippen MR) is 55.5 cm³/mol. The largest absolute Gasteiger partial charge is 0.381 e. The smallest absolute Gasteiger partial charge is 0.229 e. The van der Waals surface area contributed by atoms with Crippen molar-refractivity contribution < 1.29 is 14.3 Å². The summed E-state index contributed by atoms with van der Waals surface area (Å²) in [5.74, 6) is -0.0164. The van der Waals surface area contributed by atoms with Crippen LogP contribution in [0.3, 0.4) is 0 Å². The van der Waals surface area contributed by atoms with Crippen LogP contribution >= 0.6 is 0 Å². The van der Waals surface area contributed by atoms with Crippen molar-refractivity contribution in [3.05, 3.63) is 0 Å². The molecule has 88 valence electrons. The van der Waals surface area contributed by atoms with E-state index in [2.05, 4.69) is 6.07 Å². The summed E-state index contributed by atoms with van der Waals surface area (Å²) in [6.07, 6.45) is 1.80. The number of amides is 1. The van der Waals surface area contributed by atoms with E-state index in [1.807, 2.05) is 0 Å². The van der Waals surface area contributed by atoms with E-state index in [-0.39, 0.29) is 11.8 Å². The summed E-state index contributed by atoms with van der Waals surface area (Å²) in [6, 6.07) is 1.69. The molecule has 0 aromatic rings. The molecule has 2 rings (SSSR count). The van der Waals surface area contributed by atoms with Crippen LogP contribution in [0.5, 0.6) is 0 Å². The molecule has 0 spiro atoms. The first kappa shape index (κ1) is 11.4. The molecule has 2 fully saturated rings. The Hall–Kier alpha value is -1.12. The van der Waals surface area contributed by atoms with Crippen LogP contribution in [0.4, 0.5) is 0 Å². The first-order valence-corrected chi connectivity index (χ1v) is 5.68. The van der Waals surface area contributed by atoms with Crippen LogP contribution in [0.15, 0.2) is 0 Å². The Kier molecular flexibility index (Phi) is 3.75. The number of carbonyl (C=O) groups excluding carboxylic acids is 1. The Balaban J connectivity index is 1.98. The normalized spacial score (nSPS) is 30.8. The zero-order valence-electron chi connectivity index (χ0n) is 9.22. The summed E-state index contributed by atoms with van der Waals surface area (Å²) in [4.78, 5) is 13.8. The third kappa shape index (κ3) is 2.34. The van der Waals surface area contributed by atoms with Crippen LogP contribution in [-0.2, 0) is 14.3 Å². The van der Waals surface area contributed by atoms with Gasteiger partial charge in [0, 0.05) is 13.2 Å². The molecule has 5 heteroatoms. The molecule has 0 aromatic heterocycles. The standard InChI is InChI=1S/C11H16N2O3/c12-6-10-8-16-5-3-13(10)11(14)9-2-1-4-15-7-9/h9-10H,1-5,7-8H2/t9-,10+/m0/s1. The van der Waals surface area contributed by atoms with E-state index < -0.39 is 6.04 Å². The quantitative estimate of drug-likeness (QED) is 0.636. The zero-order valence-corrected chi connectivity index (χ0v) is 9.22. The van der Waals surface area contributed by atoms with Crippen molar-refractivity contribution in [3.63, 3.8) is 0 Å². The highest BCUT2D eigenvalue weighted by Gasteiger charge is 2.32. The Labute approximate surface area is 94.9 Å². The van der Waals surface area contributed by atoms with E-state index in [0.717, 1.165) is 19.4 Å². The second-order valence-electron chi connectivity index (χ2n) is 4.17. The molecule has 5 nitrogen and oxygen atoms in total. The van der Waals surface area contributed by atoms with Gasteiger partial charge in [-0.3, -0.25) is 4.79 Å². The van der Waals surface area contributed by atoms with E-state index >= 15 is 0 Å². The Bertz CT molecular complexity index is 294. The maximum absolute atomic E-state index is 12.2. The molecule has 0 aromatic carbocycles. The van der Waals surface area contributed by atoms with Crippen LogP contribution in [-0.4, -0.2) is 49.8 Å². The number of ether oxygens (including phenoxy) is 2. The second kappa shape index (κ2) is 5.28. The average molecular weight is 224 g/mol. The summed E-state index contributed by atoms with van der Waals surface area (Å²) in [6.45, 7) is 2.61. The highest BCUT2D eigenvalue weighted by atomic mass is 16.5. The van der Waals surface area contributed by atoms with Crippen LogP contribution in [0.2, 0.25) is 0 Å². The fraction of sp³-hybridized carbons (Fsp3) is 0.818. The molecule has 2 atom stereocenters. The minimum atomic E-state index is -0.428. The lowest BCUT2D eigenvalue weighted by molar-refractivity contribution is -0.146. The average Bonchev–Trinajstić information content (AvgIpc) is 2.39. The molecule has 0 aliphatic carbocycles. The molecule has 2 saturated heterocycles. The van der Waals surface area contributed by atoms with Gasteiger partial charge in [0.05, 0.1) is 31.8 Å². The fourth-order valence-corrected chi connectivity index (χ4v) is 2.14. The molecule has 0 saturated carbocycles. The van der Waals surface area contributed by atoms with E-state index in [0.29, 0.717) is 26.4 Å². The van der Waals surface area contributed by atoms with Gasteiger partial charge in [-0.15, -0.1) is 0 Å². The molecule has 0 radical (unpaired) electrons. The number of hydrogen-bond acceptors (Lipinski definition) is 4. The molecule has 0 unspecified atom stereocenters. The van der Waals surface area contributed by atoms with Gasteiger partial charge >= 0.3 is 0 Å². The second-order valence-corrected chi connectivity index (χ2v) is 4.17. The molecule has 2 aliphatic rings. The highest BCUT2D eigenvalue weighted by molar-refractivity contribution is 5.79. The van der Waals surface area contributed by atoms with Crippen LogP contribution in [0, 0.1) is 17.2 Å². The molecule has 0 N–H and O–H groups in total. The maximum atomic E-state index is 12.2. The van der Waals surface area contributed by atoms with Gasteiger partial charge < -0.3 is 14.4 Å². The van der Waals surface area contributed by atoms with Crippen molar-refractivity contribution in [1.29, 1.82) is 5.26 Å². The van der Waals surface area contributed by atoms with Crippen molar-refractivity contribution >= 4 is 5.91 Å². The molecule has 1 amide bonds. The van der Waals surface area contributed by atoms with Crippen molar-refractivity contribution in [2.24, 2.45) is 5.92 Å². The molecular formula is C11H16N2O3. The van der Waals surface area contributed by atoms with Gasteiger partial charge in [-0.25, -0.2) is 0 Å². The topological polar surface area (TPSA) is 62.6 Å². The minimum Gasteiger partial charge on any atom is -0.381 e. The molecule has 2 aliphatic heterocycles. The molecule has 0 bridgehead atoms. The Morgan fingerprint density at radius 3 is 2.81 bits per heavy atom. The third-order valence-corrected chi connectivity index (χ3v) is 3.07. The van der Waals surface area contributed by atoms with Gasteiger partial charge in [0.1, 0.15) is 6.04 Å². The number of morpholine rings is 1. The van der Waals surface area contributed by atoms with E-state index in [9.17, 15) is 4.79 Å². The van der Waals surface area contributed by atoms with E-state index in [4.69, 9.17) is 14.7 Å². The highest BCUT2D eigenvalue weighted by Crippen LogP contribution is 2.19. The van der Waals surface area contributed by atoms with E-state index in [1.165, 1.54) is 0 Å². The summed E-state index contributed by atoms with van der Waals surface area (Å²) < 4.78 is 10.5. The lowest BCUT2D eigenvalue weighted by Gasteiger charge is -2.35. The van der Waals surface area contributed by atoms with Crippen molar-refractivity contribution in [1.82, 2.24) is 4.90 Å². The van der Waals surface area contributed by atoms with Gasteiger partial charge in [-0.1, -0.05) is 0 Å². The Morgan fingerprint density at radius 2 is 2.12 bits per heavy atom. The van der Waals surface area contributed by atoms with E-state index in [1.54, 1.807) is 4.90 Å². The molecular weight excluding hydrogens is 208 g/mol. The number of hydrogen-bond donors (Lipinski definition) is 0. The summed E-state index contributed by atoms with van der Waals surface area (Å²) in [7, 11) is 0. The fourth-order valence-electron chi connectivity index (χ4n) is 2.14. The van der Waals surface area contributed by atoms with Crippen LogP contribution in [0.25, 0.3) is 0 Å². The zero-order chi connectivity index (χ0) is 11.4. The number of nitrogens with zero attached hydrogens (tertiary/aromatic N) is 2. The molecule has 16 heavy (non-hydrogen) atoms. The van der Waals surface area contributed by atoms with Crippen LogP contribution < -0.4 is 0 Å². The maximum Gasteiger partial charge on any atom is 0.229 e. The summed E-state index contributed by atoms with van der Waals surface area (Å²) in [5, 5.41) is 8.95. The summed E-state index contributed by atoms with van der Waals surface area (Å²) in [5.41, 5.74) is 0.